The predicted molar refractivity (Wildman–Crippen MR) is 56.4 cm³/mol. The van der Waals surface area contributed by atoms with E-state index in [2.05, 4.69) is 5.48 Å². The molecule has 1 atom stereocenters. The molecule has 0 aliphatic carbocycles. The number of hydrogen-bond donors (Lipinski definition) is 2. The number of benzene rings is 1. The summed E-state index contributed by atoms with van der Waals surface area (Å²) in [5, 5.41) is 0. The number of amides is 1. The number of rotatable bonds is 2. The van der Waals surface area contributed by atoms with Gasteiger partial charge in [0.05, 0.1) is 6.61 Å². The van der Waals surface area contributed by atoms with Crippen molar-refractivity contribution in [1.29, 1.82) is 0 Å². The number of primary amides is 1. The third-order valence-corrected chi connectivity index (χ3v) is 2.80. The van der Waals surface area contributed by atoms with Crippen LogP contribution in [0.4, 0.5) is 0 Å². The first kappa shape index (κ1) is 10.1. The molecule has 0 radical (unpaired) electrons. The maximum absolute atomic E-state index is 11.2. The van der Waals surface area contributed by atoms with E-state index in [1.807, 2.05) is 19.1 Å². The summed E-state index contributed by atoms with van der Waals surface area (Å²) in [7, 11) is 0. The van der Waals surface area contributed by atoms with E-state index in [0.29, 0.717) is 18.1 Å². The van der Waals surface area contributed by atoms with Gasteiger partial charge in [-0.25, -0.2) is 5.48 Å². The van der Waals surface area contributed by atoms with Crippen molar-refractivity contribution in [2.24, 2.45) is 5.73 Å². The van der Waals surface area contributed by atoms with Crippen LogP contribution in [-0.2, 0) is 4.84 Å². The fraction of sp³-hybridized carbons (Fsp3) is 0.364. The Hall–Kier alpha value is -1.39. The van der Waals surface area contributed by atoms with Crippen LogP contribution >= 0.6 is 0 Å². The van der Waals surface area contributed by atoms with Crippen molar-refractivity contribution in [3.63, 3.8) is 0 Å². The van der Waals surface area contributed by atoms with Crippen molar-refractivity contribution in [2.45, 2.75) is 12.8 Å². The molecular formula is C11H14N2O2. The van der Waals surface area contributed by atoms with Gasteiger partial charge in [0.1, 0.15) is 0 Å². The normalized spacial score (nSPS) is 20.5. The minimum absolute atomic E-state index is 0.310. The average molecular weight is 206 g/mol. The van der Waals surface area contributed by atoms with E-state index in [4.69, 9.17) is 10.6 Å². The van der Waals surface area contributed by atoms with Crippen LogP contribution in [0.2, 0.25) is 0 Å². The van der Waals surface area contributed by atoms with Gasteiger partial charge in [0.15, 0.2) is 0 Å². The molecule has 1 fully saturated rings. The minimum Gasteiger partial charge on any atom is -0.366 e. The second-order valence-electron chi connectivity index (χ2n) is 3.74. The molecule has 2 rings (SSSR count). The first-order valence-corrected chi connectivity index (χ1v) is 4.94. The third-order valence-electron chi connectivity index (χ3n) is 2.80. The van der Waals surface area contributed by atoms with E-state index in [0.717, 1.165) is 17.7 Å². The van der Waals surface area contributed by atoms with Gasteiger partial charge in [-0.2, -0.15) is 0 Å². The molecule has 80 valence electrons. The van der Waals surface area contributed by atoms with Crippen molar-refractivity contribution >= 4 is 5.91 Å². The van der Waals surface area contributed by atoms with Gasteiger partial charge >= 0.3 is 0 Å². The maximum Gasteiger partial charge on any atom is 0.248 e. The van der Waals surface area contributed by atoms with Gasteiger partial charge in [-0.15, -0.1) is 0 Å². The van der Waals surface area contributed by atoms with Crippen LogP contribution in [0.3, 0.4) is 0 Å². The zero-order chi connectivity index (χ0) is 10.8. The fourth-order valence-electron chi connectivity index (χ4n) is 1.94. The molecule has 1 unspecified atom stereocenters. The van der Waals surface area contributed by atoms with Gasteiger partial charge in [0, 0.05) is 18.0 Å². The van der Waals surface area contributed by atoms with Gasteiger partial charge < -0.3 is 10.6 Å². The van der Waals surface area contributed by atoms with Crippen LogP contribution < -0.4 is 11.2 Å². The Morgan fingerprint density at radius 2 is 2.40 bits per heavy atom. The van der Waals surface area contributed by atoms with Gasteiger partial charge in [0.25, 0.3) is 0 Å². The molecule has 1 saturated heterocycles. The Morgan fingerprint density at radius 1 is 1.60 bits per heavy atom. The molecule has 1 aromatic carbocycles. The number of hydroxylamine groups is 1. The Balaban J connectivity index is 2.39. The molecule has 15 heavy (non-hydrogen) atoms. The van der Waals surface area contributed by atoms with E-state index in [1.54, 1.807) is 6.07 Å². The Morgan fingerprint density at radius 3 is 3.00 bits per heavy atom. The highest BCUT2D eigenvalue weighted by Crippen LogP contribution is 2.24. The number of carbonyl (C=O) groups excluding carboxylic acids is 1. The Labute approximate surface area is 88.4 Å². The molecule has 0 spiro atoms. The van der Waals surface area contributed by atoms with Gasteiger partial charge in [-0.1, -0.05) is 12.1 Å². The molecule has 1 aromatic rings. The molecule has 3 N–H and O–H groups in total. The van der Waals surface area contributed by atoms with E-state index in [-0.39, 0.29) is 5.91 Å². The van der Waals surface area contributed by atoms with Crippen LogP contribution in [0.25, 0.3) is 0 Å². The molecule has 0 saturated carbocycles. The molecule has 0 bridgehead atoms. The van der Waals surface area contributed by atoms with Crippen LogP contribution in [-0.4, -0.2) is 19.1 Å². The predicted octanol–water partition coefficient (Wildman–Crippen LogP) is 0.712. The molecule has 4 nitrogen and oxygen atoms in total. The van der Waals surface area contributed by atoms with Crippen molar-refractivity contribution in [1.82, 2.24) is 5.48 Å². The third kappa shape index (κ3) is 1.86. The largest absolute Gasteiger partial charge is 0.366 e. The number of hydrogen-bond acceptors (Lipinski definition) is 3. The summed E-state index contributed by atoms with van der Waals surface area (Å²) >= 11 is 0. The average Bonchev–Trinajstić information content (AvgIpc) is 2.70. The first-order valence-electron chi connectivity index (χ1n) is 4.94. The summed E-state index contributed by atoms with van der Waals surface area (Å²) in [6.07, 6.45) is 0. The van der Waals surface area contributed by atoms with Crippen LogP contribution in [0, 0.1) is 6.92 Å². The topological polar surface area (TPSA) is 64.4 Å². The monoisotopic (exact) mass is 206 g/mol. The minimum atomic E-state index is -0.374. The van der Waals surface area contributed by atoms with Crippen LogP contribution in [0.5, 0.6) is 0 Å². The number of carbonyl (C=O) groups is 1. The molecule has 1 aliphatic heterocycles. The van der Waals surface area contributed by atoms with E-state index < -0.39 is 0 Å². The van der Waals surface area contributed by atoms with Crippen molar-refractivity contribution in [3.05, 3.63) is 34.9 Å². The van der Waals surface area contributed by atoms with E-state index in [9.17, 15) is 4.79 Å². The summed E-state index contributed by atoms with van der Waals surface area (Å²) in [6, 6.07) is 5.63. The summed E-state index contributed by atoms with van der Waals surface area (Å²) in [5.74, 6) is -0.0643. The standard InChI is InChI=1S/C11H14N2O2/c1-7-9(8-5-13-15-6-8)3-2-4-10(7)11(12)14/h2-4,8,13H,5-6H2,1H3,(H2,12,14). The highest BCUT2D eigenvalue weighted by Gasteiger charge is 2.21. The number of nitrogens with two attached hydrogens (primary N) is 1. The van der Waals surface area contributed by atoms with E-state index in [1.165, 1.54) is 0 Å². The summed E-state index contributed by atoms with van der Waals surface area (Å²) in [4.78, 5) is 16.3. The molecular weight excluding hydrogens is 192 g/mol. The first-order chi connectivity index (χ1) is 7.20. The lowest BCUT2D eigenvalue weighted by molar-refractivity contribution is 0.0995. The molecule has 1 amide bonds. The van der Waals surface area contributed by atoms with E-state index >= 15 is 0 Å². The zero-order valence-electron chi connectivity index (χ0n) is 8.62. The number of nitrogens with one attached hydrogen (secondary N) is 1. The van der Waals surface area contributed by atoms with Crippen LogP contribution in [0.1, 0.15) is 27.4 Å². The molecule has 1 heterocycles. The Kier molecular flexibility index (Phi) is 2.70. The lowest BCUT2D eigenvalue weighted by Crippen LogP contribution is -2.15. The second kappa shape index (κ2) is 4.00. The fourth-order valence-corrected chi connectivity index (χ4v) is 1.94. The highest BCUT2D eigenvalue weighted by molar-refractivity contribution is 5.94. The highest BCUT2D eigenvalue weighted by atomic mass is 16.7. The summed E-state index contributed by atoms with van der Waals surface area (Å²) in [6.45, 7) is 3.35. The summed E-state index contributed by atoms with van der Waals surface area (Å²) < 4.78 is 0. The second-order valence-corrected chi connectivity index (χ2v) is 3.74. The molecule has 4 heteroatoms. The summed E-state index contributed by atoms with van der Waals surface area (Å²) in [5.41, 5.74) is 10.8. The smallest absolute Gasteiger partial charge is 0.248 e. The van der Waals surface area contributed by atoms with Gasteiger partial charge in [0.2, 0.25) is 5.91 Å². The lowest BCUT2D eigenvalue weighted by atomic mass is 9.92. The molecule has 0 aromatic heterocycles. The Bertz CT molecular complexity index is 384. The van der Waals surface area contributed by atoms with Crippen molar-refractivity contribution < 1.29 is 9.63 Å². The maximum atomic E-state index is 11.2. The SMILES string of the molecule is Cc1c(C(N)=O)cccc1C1CNOC1. The quantitative estimate of drug-likeness (QED) is 0.749. The van der Waals surface area contributed by atoms with Gasteiger partial charge in [-0.05, 0) is 24.1 Å². The van der Waals surface area contributed by atoms with Crippen LogP contribution in [0.15, 0.2) is 18.2 Å². The molecule has 1 aliphatic rings. The van der Waals surface area contributed by atoms with Gasteiger partial charge in [-0.3, -0.25) is 4.79 Å². The van der Waals surface area contributed by atoms with Crippen molar-refractivity contribution in [2.75, 3.05) is 13.2 Å². The lowest BCUT2D eigenvalue weighted by Gasteiger charge is -2.12. The van der Waals surface area contributed by atoms with Crippen molar-refractivity contribution in [3.8, 4) is 0 Å². The zero-order valence-corrected chi connectivity index (χ0v) is 8.62.